The molecular weight excluding hydrogens is 298 g/mol. The highest BCUT2D eigenvalue weighted by atomic mass is 35.5. The summed E-state index contributed by atoms with van der Waals surface area (Å²) in [5, 5.41) is -0.512. The smallest absolute Gasteiger partial charge is 0.248 e. The minimum atomic E-state index is -0.512. The number of hydrogen-bond donors (Lipinski definition) is 0. The van der Waals surface area contributed by atoms with E-state index < -0.39 is 5.38 Å². The second-order valence-electron chi connectivity index (χ2n) is 5.07. The zero-order chi connectivity index (χ0) is 15.5. The standard InChI is InChI=1S/C18H16ClNO2/c1-22-15-10-8-14(9-11-15)20-16(17(19)18(20)21)12-7-13-5-3-2-4-6-13/h2-12,16-17H,1H3/b12-7+/t16-,17+/m1/s1. The Balaban J connectivity index is 1.80. The number of hydrogen-bond acceptors (Lipinski definition) is 2. The number of β-lactam (4-membered cyclic amide) rings is 1. The summed E-state index contributed by atoms with van der Waals surface area (Å²) >= 11 is 6.17. The molecule has 0 unspecified atom stereocenters. The Morgan fingerprint density at radius 1 is 1.09 bits per heavy atom. The summed E-state index contributed by atoms with van der Waals surface area (Å²) in [5.41, 5.74) is 1.91. The average molecular weight is 314 g/mol. The maximum atomic E-state index is 12.1. The highest BCUT2D eigenvalue weighted by molar-refractivity contribution is 6.37. The molecule has 1 saturated heterocycles. The Bertz CT molecular complexity index is 682. The molecule has 1 heterocycles. The topological polar surface area (TPSA) is 29.5 Å². The van der Waals surface area contributed by atoms with E-state index >= 15 is 0 Å². The van der Waals surface area contributed by atoms with Crippen LogP contribution in [0.5, 0.6) is 5.75 Å². The molecule has 4 heteroatoms. The highest BCUT2D eigenvalue weighted by Crippen LogP contribution is 2.33. The van der Waals surface area contributed by atoms with Gasteiger partial charge in [0.25, 0.3) is 0 Å². The second kappa shape index (κ2) is 6.24. The fraction of sp³-hybridized carbons (Fsp3) is 0.167. The number of benzene rings is 2. The van der Waals surface area contributed by atoms with Gasteiger partial charge in [0, 0.05) is 5.69 Å². The van der Waals surface area contributed by atoms with Gasteiger partial charge >= 0.3 is 0 Å². The van der Waals surface area contributed by atoms with E-state index in [4.69, 9.17) is 16.3 Å². The number of halogens is 1. The number of anilines is 1. The van der Waals surface area contributed by atoms with E-state index in [0.29, 0.717) is 0 Å². The van der Waals surface area contributed by atoms with Crippen LogP contribution in [0.2, 0.25) is 0 Å². The summed E-state index contributed by atoms with van der Waals surface area (Å²) in [6.45, 7) is 0. The molecule has 2 atom stereocenters. The van der Waals surface area contributed by atoms with Crippen molar-refractivity contribution in [1.82, 2.24) is 0 Å². The predicted molar refractivity (Wildman–Crippen MR) is 89.4 cm³/mol. The molecule has 3 nitrogen and oxygen atoms in total. The van der Waals surface area contributed by atoms with Crippen LogP contribution in [-0.2, 0) is 4.79 Å². The number of carbonyl (C=O) groups is 1. The van der Waals surface area contributed by atoms with E-state index in [1.807, 2.05) is 66.7 Å². The van der Waals surface area contributed by atoms with Crippen molar-refractivity contribution in [2.75, 3.05) is 12.0 Å². The first-order valence-electron chi connectivity index (χ1n) is 7.05. The quantitative estimate of drug-likeness (QED) is 0.636. The molecule has 2 aromatic rings. The molecule has 1 amide bonds. The number of methoxy groups -OCH3 is 1. The zero-order valence-corrected chi connectivity index (χ0v) is 12.9. The van der Waals surface area contributed by atoms with Crippen LogP contribution in [0.4, 0.5) is 5.69 Å². The summed E-state index contributed by atoms with van der Waals surface area (Å²) in [6.07, 6.45) is 3.96. The van der Waals surface area contributed by atoms with Gasteiger partial charge in [-0.1, -0.05) is 42.5 Å². The summed E-state index contributed by atoms with van der Waals surface area (Å²) < 4.78 is 5.14. The van der Waals surface area contributed by atoms with Crippen molar-refractivity contribution in [3.63, 3.8) is 0 Å². The molecule has 0 spiro atoms. The Morgan fingerprint density at radius 3 is 2.41 bits per heavy atom. The molecule has 3 rings (SSSR count). The third-order valence-corrected chi connectivity index (χ3v) is 4.15. The minimum Gasteiger partial charge on any atom is -0.497 e. The number of ether oxygens (including phenoxy) is 1. The second-order valence-corrected chi connectivity index (χ2v) is 5.54. The van der Waals surface area contributed by atoms with Crippen LogP contribution in [-0.4, -0.2) is 24.4 Å². The van der Waals surface area contributed by atoms with Gasteiger partial charge in [0.2, 0.25) is 5.91 Å². The van der Waals surface area contributed by atoms with Gasteiger partial charge < -0.3 is 9.64 Å². The van der Waals surface area contributed by atoms with Crippen LogP contribution in [0.15, 0.2) is 60.7 Å². The third-order valence-electron chi connectivity index (χ3n) is 3.71. The van der Waals surface area contributed by atoms with Gasteiger partial charge in [0.15, 0.2) is 0 Å². The summed E-state index contributed by atoms with van der Waals surface area (Å²) in [6, 6.07) is 17.2. The first kappa shape index (κ1) is 14.7. The molecule has 112 valence electrons. The van der Waals surface area contributed by atoms with Crippen LogP contribution in [0.3, 0.4) is 0 Å². The Morgan fingerprint density at radius 2 is 1.77 bits per heavy atom. The largest absolute Gasteiger partial charge is 0.497 e. The van der Waals surface area contributed by atoms with E-state index in [1.165, 1.54) is 0 Å². The normalized spacial score (nSPS) is 21.0. The predicted octanol–water partition coefficient (Wildman–Crippen LogP) is 3.73. The summed E-state index contributed by atoms with van der Waals surface area (Å²) in [7, 11) is 1.62. The number of nitrogens with zero attached hydrogens (tertiary/aromatic N) is 1. The van der Waals surface area contributed by atoms with Crippen LogP contribution < -0.4 is 9.64 Å². The van der Waals surface area contributed by atoms with Gasteiger partial charge in [-0.3, -0.25) is 4.79 Å². The van der Waals surface area contributed by atoms with Gasteiger partial charge in [-0.15, -0.1) is 11.6 Å². The van der Waals surface area contributed by atoms with E-state index in [2.05, 4.69) is 0 Å². The molecule has 1 fully saturated rings. The van der Waals surface area contributed by atoms with Crippen molar-refractivity contribution < 1.29 is 9.53 Å². The molecule has 22 heavy (non-hydrogen) atoms. The van der Waals surface area contributed by atoms with E-state index in [0.717, 1.165) is 17.0 Å². The lowest BCUT2D eigenvalue weighted by Gasteiger charge is -2.42. The molecule has 2 aromatic carbocycles. The zero-order valence-electron chi connectivity index (χ0n) is 12.1. The lowest BCUT2D eigenvalue weighted by molar-refractivity contribution is -0.122. The lowest BCUT2D eigenvalue weighted by Crippen LogP contribution is -2.61. The van der Waals surface area contributed by atoms with Gasteiger partial charge in [0.1, 0.15) is 11.1 Å². The van der Waals surface area contributed by atoms with Crippen molar-refractivity contribution >= 4 is 29.3 Å². The lowest BCUT2D eigenvalue weighted by atomic mass is 9.98. The van der Waals surface area contributed by atoms with E-state index in [9.17, 15) is 4.79 Å². The number of carbonyl (C=O) groups excluding carboxylic acids is 1. The van der Waals surface area contributed by atoms with Crippen LogP contribution in [0.1, 0.15) is 5.56 Å². The first-order chi connectivity index (χ1) is 10.7. The van der Waals surface area contributed by atoms with Crippen molar-refractivity contribution in [3.8, 4) is 5.75 Å². The number of alkyl halides is 1. The Labute approximate surface area is 134 Å². The van der Waals surface area contributed by atoms with Crippen LogP contribution in [0.25, 0.3) is 6.08 Å². The van der Waals surface area contributed by atoms with Crippen LogP contribution >= 0.6 is 11.6 Å². The molecular formula is C18H16ClNO2. The molecule has 0 aromatic heterocycles. The SMILES string of the molecule is COc1ccc(N2C(=O)[C@@H](Cl)[C@H]2/C=C/c2ccccc2)cc1. The maximum absolute atomic E-state index is 12.1. The molecule has 0 saturated carbocycles. The molecule has 0 N–H and O–H groups in total. The van der Waals surface area contributed by atoms with Crippen LogP contribution in [0, 0.1) is 0 Å². The van der Waals surface area contributed by atoms with Gasteiger partial charge in [0.05, 0.1) is 13.2 Å². The molecule has 1 aliphatic rings. The van der Waals surface area contributed by atoms with Crippen molar-refractivity contribution in [2.45, 2.75) is 11.4 Å². The minimum absolute atomic E-state index is 0.0745. The fourth-order valence-corrected chi connectivity index (χ4v) is 2.78. The molecule has 0 bridgehead atoms. The fourth-order valence-electron chi connectivity index (χ4n) is 2.47. The Kier molecular flexibility index (Phi) is 4.16. The molecule has 1 aliphatic heterocycles. The van der Waals surface area contributed by atoms with Gasteiger partial charge in [-0.2, -0.15) is 0 Å². The first-order valence-corrected chi connectivity index (χ1v) is 7.49. The van der Waals surface area contributed by atoms with Crippen molar-refractivity contribution in [2.24, 2.45) is 0 Å². The Hall–Kier alpha value is -2.26. The average Bonchev–Trinajstić information content (AvgIpc) is 2.59. The van der Waals surface area contributed by atoms with Gasteiger partial charge in [-0.05, 0) is 29.8 Å². The van der Waals surface area contributed by atoms with E-state index in [-0.39, 0.29) is 11.9 Å². The number of rotatable bonds is 4. The maximum Gasteiger partial charge on any atom is 0.248 e. The van der Waals surface area contributed by atoms with E-state index in [1.54, 1.807) is 12.0 Å². The monoisotopic (exact) mass is 313 g/mol. The number of amides is 1. The molecule has 0 radical (unpaired) electrons. The van der Waals surface area contributed by atoms with Crippen molar-refractivity contribution in [1.29, 1.82) is 0 Å². The van der Waals surface area contributed by atoms with Gasteiger partial charge in [-0.25, -0.2) is 0 Å². The van der Waals surface area contributed by atoms with Crippen molar-refractivity contribution in [3.05, 3.63) is 66.2 Å². The summed E-state index contributed by atoms with van der Waals surface area (Å²) in [4.78, 5) is 13.8. The summed E-state index contributed by atoms with van der Waals surface area (Å²) in [5.74, 6) is 0.685. The third kappa shape index (κ3) is 2.72. The molecule has 0 aliphatic carbocycles. The highest BCUT2D eigenvalue weighted by Gasteiger charge is 2.45.